The summed E-state index contributed by atoms with van der Waals surface area (Å²) in [6.45, 7) is 0.936. The summed E-state index contributed by atoms with van der Waals surface area (Å²) < 4.78 is 0. The molecule has 0 saturated carbocycles. The quantitative estimate of drug-likeness (QED) is 0.807. The van der Waals surface area contributed by atoms with Crippen LogP contribution in [0.4, 0.5) is 11.4 Å². The van der Waals surface area contributed by atoms with Gasteiger partial charge in [-0.3, -0.25) is 24.1 Å². The average Bonchev–Trinajstić information content (AvgIpc) is 2.80. The van der Waals surface area contributed by atoms with Crippen molar-refractivity contribution >= 4 is 46.6 Å². The summed E-state index contributed by atoms with van der Waals surface area (Å²) in [6.07, 6.45) is 0. The van der Waals surface area contributed by atoms with Gasteiger partial charge in [0.2, 0.25) is 11.8 Å². The van der Waals surface area contributed by atoms with Gasteiger partial charge in [-0.1, -0.05) is 23.7 Å². The lowest BCUT2D eigenvalue weighted by Gasteiger charge is -2.14. The van der Waals surface area contributed by atoms with Crippen molar-refractivity contribution in [2.45, 2.75) is 6.92 Å². The Morgan fingerprint density at radius 3 is 2.31 bits per heavy atom. The fourth-order valence-electron chi connectivity index (χ4n) is 2.66. The number of hydrogen-bond acceptors (Lipinski definition) is 4. The molecule has 2 aromatic rings. The Balaban J connectivity index is 1.72. The van der Waals surface area contributed by atoms with Crippen LogP contribution < -0.4 is 10.6 Å². The van der Waals surface area contributed by atoms with E-state index in [4.69, 9.17) is 11.6 Å². The lowest BCUT2D eigenvalue weighted by Crippen LogP contribution is -2.37. The van der Waals surface area contributed by atoms with Crippen molar-refractivity contribution in [1.82, 2.24) is 4.90 Å². The van der Waals surface area contributed by atoms with Crippen LogP contribution in [0.5, 0.6) is 0 Å². The van der Waals surface area contributed by atoms with Gasteiger partial charge in [0.15, 0.2) is 0 Å². The molecule has 4 amide bonds. The second kappa shape index (κ2) is 6.97. The monoisotopic (exact) mass is 371 g/mol. The fraction of sp³-hybridized carbons (Fsp3) is 0.111. The summed E-state index contributed by atoms with van der Waals surface area (Å²) in [4.78, 5) is 48.9. The van der Waals surface area contributed by atoms with Crippen molar-refractivity contribution in [2.24, 2.45) is 0 Å². The van der Waals surface area contributed by atoms with E-state index in [9.17, 15) is 19.2 Å². The molecule has 0 spiro atoms. The van der Waals surface area contributed by atoms with E-state index in [0.717, 1.165) is 4.90 Å². The smallest absolute Gasteiger partial charge is 0.263 e. The zero-order chi connectivity index (χ0) is 18.8. The molecule has 2 N–H and O–H groups in total. The number of amides is 4. The van der Waals surface area contributed by atoms with Crippen LogP contribution in [0.15, 0.2) is 42.5 Å². The van der Waals surface area contributed by atoms with E-state index in [1.165, 1.54) is 19.1 Å². The summed E-state index contributed by atoms with van der Waals surface area (Å²) in [5.41, 5.74) is 1.24. The first-order chi connectivity index (χ1) is 12.4. The molecule has 0 radical (unpaired) electrons. The molecule has 132 valence electrons. The molecule has 2 aromatic carbocycles. The number of carbonyl (C=O) groups excluding carboxylic acids is 4. The molecular formula is C18H14ClN3O4. The molecular weight excluding hydrogens is 358 g/mol. The van der Waals surface area contributed by atoms with Crippen LogP contribution in [0.25, 0.3) is 0 Å². The predicted molar refractivity (Wildman–Crippen MR) is 96.2 cm³/mol. The van der Waals surface area contributed by atoms with Gasteiger partial charge >= 0.3 is 0 Å². The Morgan fingerprint density at radius 2 is 1.65 bits per heavy atom. The molecule has 1 heterocycles. The maximum atomic E-state index is 12.4. The zero-order valence-corrected chi connectivity index (χ0v) is 14.5. The number of carbonyl (C=O) groups is 4. The third-order valence-electron chi connectivity index (χ3n) is 3.72. The molecule has 7 nitrogen and oxygen atoms in total. The van der Waals surface area contributed by atoms with E-state index in [-0.39, 0.29) is 22.1 Å². The van der Waals surface area contributed by atoms with Crippen molar-refractivity contribution in [1.29, 1.82) is 0 Å². The van der Waals surface area contributed by atoms with Crippen molar-refractivity contribution in [3.8, 4) is 0 Å². The predicted octanol–water partition coefficient (Wildman–Crippen LogP) is 2.53. The number of fused-ring (bicyclic) bond motifs is 1. The molecule has 0 unspecified atom stereocenters. The molecule has 0 aromatic heterocycles. The van der Waals surface area contributed by atoms with Crippen LogP contribution in [0.1, 0.15) is 27.6 Å². The topological polar surface area (TPSA) is 95.6 Å². The number of hydrogen-bond donors (Lipinski definition) is 2. The third-order valence-corrected chi connectivity index (χ3v) is 4.03. The van der Waals surface area contributed by atoms with Crippen molar-refractivity contribution < 1.29 is 19.2 Å². The Hall–Kier alpha value is -3.19. The van der Waals surface area contributed by atoms with Crippen LogP contribution in [0.2, 0.25) is 5.02 Å². The maximum absolute atomic E-state index is 12.4. The second-order valence-electron chi connectivity index (χ2n) is 5.67. The third kappa shape index (κ3) is 3.43. The van der Waals surface area contributed by atoms with Crippen LogP contribution in [-0.4, -0.2) is 35.1 Å². The van der Waals surface area contributed by atoms with Crippen molar-refractivity contribution in [3.05, 3.63) is 58.6 Å². The molecule has 0 fully saturated rings. The number of anilines is 2. The van der Waals surface area contributed by atoms with Gasteiger partial charge in [0.05, 0.1) is 16.1 Å². The van der Waals surface area contributed by atoms with E-state index < -0.39 is 24.3 Å². The second-order valence-corrected chi connectivity index (χ2v) is 6.08. The highest BCUT2D eigenvalue weighted by Gasteiger charge is 2.38. The van der Waals surface area contributed by atoms with Crippen LogP contribution in [-0.2, 0) is 9.59 Å². The van der Waals surface area contributed by atoms with Gasteiger partial charge in [-0.15, -0.1) is 0 Å². The minimum Gasteiger partial charge on any atom is -0.326 e. The summed E-state index contributed by atoms with van der Waals surface area (Å²) in [5.74, 6) is -1.95. The van der Waals surface area contributed by atoms with Crippen molar-refractivity contribution in [2.75, 3.05) is 17.2 Å². The largest absolute Gasteiger partial charge is 0.326 e. The SMILES string of the molecule is CC(=O)Nc1cccc(NC(=O)CN2C(=O)c3cccc(Cl)c3C2=O)c1. The zero-order valence-electron chi connectivity index (χ0n) is 13.7. The average molecular weight is 372 g/mol. The molecule has 0 saturated heterocycles. The number of halogens is 1. The molecule has 0 atom stereocenters. The molecule has 1 aliphatic heterocycles. The molecule has 26 heavy (non-hydrogen) atoms. The number of imide groups is 1. The first-order valence-electron chi connectivity index (χ1n) is 7.69. The highest BCUT2D eigenvalue weighted by atomic mass is 35.5. The molecule has 8 heteroatoms. The van der Waals surface area contributed by atoms with Gasteiger partial charge in [-0.2, -0.15) is 0 Å². The Morgan fingerprint density at radius 1 is 1.00 bits per heavy atom. The van der Waals surface area contributed by atoms with E-state index in [2.05, 4.69) is 10.6 Å². The van der Waals surface area contributed by atoms with Crippen LogP contribution in [0, 0.1) is 0 Å². The molecule has 0 bridgehead atoms. The first kappa shape index (κ1) is 17.6. The minimum atomic E-state index is -0.599. The Kier molecular flexibility index (Phi) is 4.73. The van der Waals surface area contributed by atoms with Gasteiger partial charge in [0.25, 0.3) is 11.8 Å². The number of nitrogens with zero attached hydrogens (tertiary/aromatic N) is 1. The summed E-state index contributed by atoms with van der Waals surface area (Å²) >= 11 is 5.99. The van der Waals surface area contributed by atoms with E-state index >= 15 is 0 Å². The van der Waals surface area contributed by atoms with E-state index in [1.54, 1.807) is 30.3 Å². The molecule has 1 aliphatic rings. The van der Waals surface area contributed by atoms with E-state index in [0.29, 0.717) is 11.4 Å². The highest BCUT2D eigenvalue weighted by Crippen LogP contribution is 2.29. The molecule has 0 aliphatic carbocycles. The molecule has 3 rings (SSSR count). The fourth-order valence-corrected chi connectivity index (χ4v) is 2.91. The number of nitrogens with one attached hydrogen (secondary N) is 2. The van der Waals surface area contributed by atoms with Crippen LogP contribution in [0.3, 0.4) is 0 Å². The lowest BCUT2D eigenvalue weighted by molar-refractivity contribution is -0.116. The Bertz CT molecular complexity index is 942. The number of rotatable bonds is 4. The lowest BCUT2D eigenvalue weighted by atomic mass is 10.1. The first-order valence-corrected chi connectivity index (χ1v) is 8.07. The van der Waals surface area contributed by atoms with Crippen LogP contribution >= 0.6 is 11.6 Å². The van der Waals surface area contributed by atoms with Crippen molar-refractivity contribution in [3.63, 3.8) is 0 Å². The van der Waals surface area contributed by atoms with Gasteiger partial charge in [-0.25, -0.2) is 0 Å². The normalized spacial score (nSPS) is 12.8. The summed E-state index contributed by atoms with van der Waals surface area (Å²) in [6, 6.07) is 11.1. The standard InChI is InChI=1S/C18H14ClN3O4/c1-10(23)20-11-4-2-5-12(8-11)21-15(24)9-22-17(25)13-6-3-7-14(19)16(13)18(22)26/h2-8H,9H2,1H3,(H,20,23)(H,21,24). The summed E-state index contributed by atoms with van der Waals surface area (Å²) in [5, 5.41) is 5.37. The summed E-state index contributed by atoms with van der Waals surface area (Å²) in [7, 11) is 0. The maximum Gasteiger partial charge on any atom is 0.263 e. The number of benzene rings is 2. The van der Waals surface area contributed by atoms with Gasteiger partial charge in [-0.05, 0) is 30.3 Å². The van der Waals surface area contributed by atoms with Gasteiger partial charge < -0.3 is 10.6 Å². The van der Waals surface area contributed by atoms with Gasteiger partial charge in [0, 0.05) is 18.3 Å². The van der Waals surface area contributed by atoms with E-state index in [1.807, 2.05) is 0 Å². The van der Waals surface area contributed by atoms with Gasteiger partial charge in [0.1, 0.15) is 6.54 Å². The Labute approximate surface area is 153 Å². The highest BCUT2D eigenvalue weighted by molar-refractivity contribution is 6.37. The minimum absolute atomic E-state index is 0.111.